The maximum absolute atomic E-state index is 13.5. The molecule has 1 amide bonds. The molecule has 0 aliphatic carbocycles. The van der Waals surface area contributed by atoms with Crippen molar-refractivity contribution < 1.29 is 9.18 Å². The molecule has 0 bridgehead atoms. The Labute approximate surface area is 129 Å². The van der Waals surface area contributed by atoms with E-state index in [1.807, 2.05) is 13.8 Å². The topological polar surface area (TPSA) is 59.0 Å². The molecule has 0 aliphatic rings. The normalized spacial score (nSPS) is 10.8. The molecule has 0 radical (unpaired) electrons. The number of carbonyl (C=O) groups excluding carboxylic acids is 1. The summed E-state index contributed by atoms with van der Waals surface area (Å²) in [4.78, 5) is 26.1. The van der Waals surface area contributed by atoms with Crippen LogP contribution in [-0.2, 0) is 17.8 Å². The van der Waals surface area contributed by atoms with Crippen LogP contribution in [0.25, 0.3) is 0 Å². The second-order valence-corrected chi connectivity index (χ2v) is 5.46. The summed E-state index contributed by atoms with van der Waals surface area (Å²) in [6, 6.07) is 2.80. The van der Waals surface area contributed by atoms with Crippen molar-refractivity contribution in [1.82, 2.24) is 19.9 Å². The van der Waals surface area contributed by atoms with Gasteiger partial charge in [-0.2, -0.15) is 0 Å². The zero-order chi connectivity index (χ0) is 16.1. The average molecular weight is 302 g/mol. The number of nitrogens with zero attached hydrogens (tertiary/aromatic N) is 4. The highest BCUT2D eigenvalue weighted by Gasteiger charge is 2.14. The van der Waals surface area contributed by atoms with Crippen LogP contribution >= 0.6 is 0 Å². The van der Waals surface area contributed by atoms with Gasteiger partial charge < -0.3 is 4.90 Å². The summed E-state index contributed by atoms with van der Waals surface area (Å²) in [5.41, 5.74) is 0.993. The van der Waals surface area contributed by atoms with Crippen molar-refractivity contribution in [1.29, 1.82) is 0 Å². The Morgan fingerprint density at radius 3 is 2.55 bits per heavy atom. The molecule has 0 aliphatic heterocycles. The van der Waals surface area contributed by atoms with Gasteiger partial charge in [0.1, 0.15) is 11.6 Å². The maximum atomic E-state index is 13.5. The molecule has 0 unspecified atom stereocenters. The minimum atomic E-state index is -0.464. The maximum Gasteiger partial charge on any atom is 0.228 e. The minimum Gasteiger partial charge on any atom is -0.341 e. The molecule has 2 aromatic heterocycles. The van der Waals surface area contributed by atoms with Crippen LogP contribution in [0.3, 0.4) is 0 Å². The first-order valence-electron chi connectivity index (χ1n) is 7.11. The molecule has 2 rings (SSSR count). The Kier molecular flexibility index (Phi) is 5.14. The lowest BCUT2D eigenvalue weighted by atomic mass is 10.2. The molecule has 0 saturated carbocycles. The highest BCUT2D eigenvalue weighted by molar-refractivity contribution is 5.78. The molecule has 2 aromatic rings. The fraction of sp³-hybridized carbons (Fsp3) is 0.375. The van der Waals surface area contributed by atoms with Crippen molar-refractivity contribution in [3.8, 4) is 0 Å². The molecule has 0 atom stereocenters. The van der Waals surface area contributed by atoms with Crippen molar-refractivity contribution in [3.05, 3.63) is 53.6 Å². The van der Waals surface area contributed by atoms with Gasteiger partial charge in [-0.05, 0) is 12.1 Å². The SMILES string of the molecule is CC(C)c1ncc(CN(C)C(=O)Cc2ncccc2F)cn1. The lowest BCUT2D eigenvalue weighted by Gasteiger charge is -2.17. The lowest BCUT2D eigenvalue weighted by molar-refractivity contribution is -0.129. The molecule has 0 fully saturated rings. The number of hydrogen-bond donors (Lipinski definition) is 0. The Morgan fingerprint density at radius 1 is 1.27 bits per heavy atom. The van der Waals surface area contributed by atoms with Crippen LogP contribution < -0.4 is 0 Å². The summed E-state index contributed by atoms with van der Waals surface area (Å²) in [7, 11) is 1.67. The third-order valence-electron chi connectivity index (χ3n) is 3.24. The molecule has 0 saturated heterocycles. The highest BCUT2D eigenvalue weighted by atomic mass is 19.1. The summed E-state index contributed by atoms with van der Waals surface area (Å²) < 4.78 is 13.5. The van der Waals surface area contributed by atoms with E-state index >= 15 is 0 Å². The number of halogens is 1. The number of carbonyl (C=O) groups is 1. The molecule has 2 heterocycles. The summed E-state index contributed by atoms with van der Waals surface area (Å²) in [5, 5.41) is 0. The molecule has 5 nitrogen and oxygen atoms in total. The number of aromatic nitrogens is 3. The summed E-state index contributed by atoms with van der Waals surface area (Å²) in [6.07, 6.45) is 4.85. The van der Waals surface area contributed by atoms with Gasteiger partial charge in [0, 0.05) is 43.7 Å². The van der Waals surface area contributed by atoms with Gasteiger partial charge in [0.2, 0.25) is 5.91 Å². The van der Waals surface area contributed by atoms with Gasteiger partial charge in [-0.3, -0.25) is 9.78 Å². The summed E-state index contributed by atoms with van der Waals surface area (Å²) in [5.74, 6) is 0.369. The molecule has 22 heavy (non-hydrogen) atoms. The Balaban J connectivity index is 1.98. The van der Waals surface area contributed by atoms with Gasteiger partial charge in [0.25, 0.3) is 0 Å². The fourth-order valence-corrected chi connectivity index (χ4v) is 1.93. The largest absolute Gasteiger partial charge is 0.341 e. The first-order valence-corrected chi connectivity index (χ1v) is 7.11. The van der Waals surface area contributed by atoms with Gasteiger partial charge in [-0.25, -0.2) is 14.4 Å². The van der Waals surface area contributed by atoms with Crippen molar-refractivity contribution >= 4 is 5.91 Å². The molecule has 0 N–H and O–H groups in total. The first-order chi connectivity index (χ1) is 10.5. The third-order valence-corrected chi connectivity index (χ3v) is 3.24. The van der Waals surface area contributed by atoms with Crippen molar-refractivity contribution in [2.75, 3.05) is 7.05 Å². The highest BCUT2D eigenvalue weighted by Crippen LogP contribution is 2.10. The zero-order valence-electron chi connectivity index (χ0n) is 13.0. The van der Waals surface area contributed by atoms with E-state index in [1.165, 1.54) is 23.2 Å². The van der Waals surface area contributed by atoms with Crippen LogP contribution in [0.1, 0.15) is 36.8 Å². The van der Waals surface area contributed by atoms with Gasteiger partial charge in [-0.15, -0.1) is 0 Å². The standard InChI is InChI=1S/C16H19FN4O/c1-11(2)16-19-8-12(9-20-16)10-21(3)15(22)7-14-13(17)5-4-6-18-14/h4-6,8-9,11H,7,10H2,1-3H3. The molecule has 116 valence electrons. The molecular weight excluding hydrogens is 283 g/mol. The van der Waals surface area contributed by atoms with Crippen LogP contribution in [0, 0.1) is 5.82 Å². The summed E-state index contributed by atoms with van der Waals surface area (Å²) in [6.45, 7) is 4.42. The van der Waals surface area contributed by atoms with Crippen molar-refractivity contribution in [3.63, 3.8) is 0 Å². The number of amides is 1. The van der Waals surface area contributed by atoms with E-state index in [2.05, 4.69) is 15.0 Å². The Bertz CT molecular complexity index is 643. The zero-order valence-corrected chi connectivity index (χ0v) is 13.0. The monoisotopic (exact) mass is 302 g/mol. The van der Waals surface area contributed by atoms with Crippen LogP contribution in [0.2, 0.25) is 0 Å². The van der Waals surface area contributed by atoms with Gasteiger partial charge >= 0.3 is 0 Å². The number of pyridine rings is 1. The second kappa shape index (κ2) is 7.06. The number of rotatable bonds is 5. The van der Waals surface area contributed by atoms with Crippen LogP contribution in [0.5, 0.6) is 0 Å². The third kappa shape index (κ3) is 4.07. The van der Waals surface area contributed by atoms with E-state index in [0.717, 1.165) is 11.4 Å². The van der Waals surface area contributed by atoms with E-state index < -0.39 is 5.82 Å². The lowest BCUT2D eigenvalue weighted by Crippen LogP contribution is -2.28. The first kappa shape index (κ1) is 16.0. The van der Waals surface area contributed by atoms with Gasteiger partial charge in [-0.1, -0.05) is 13.8 Å². The van der Waals surface area contributed by atoms with Gasteiger partial charge in [0.15, 0.2) is 0 Å². The van der Waals surface area contributed by atoms with E-state index in [-0.39, 0.29) is 23.9 Å². The van der Waals surface area contributed by atoms with E-state index in [1.54, 1.807) is 19.4 Å². The Hall–Kier alpha value is -2.37. The fourth-order valence-electron chi connectivity index (χ4n) is 1.93. The molecule has 6 heteroatoms. The summed E-state index contributed by atoms with van der Waals surface area (Å²) >= 11 is 0. The van der Waals surface area contributed by atoms with E-state index in [9.17, 15) is 9.18 Å². The number of likely N-dealkylation sites (N-methyl/N-ethyl adjacent to an activating group) is 1. The number of hydrogen-bond acceptors (Lipinski definition) is 4. The van der Waals surface area contributed by atoms with Crippen molar-refractivity contribution in [2.45, 2.75) is 32.7 Å². The van der Waals surface area contributed by atoms with Crippen LogP contribution in [0.15, 0.2) is 30.7 Å². The average Bonchev–Trinajstić information content (AvgIpc) is 2.50. The predicted octanol–water partition coefficient (Wildman–Crippen LogP) is 2.34. The molecular formula is C16H19FN4O. The van der Waals surface area contributed by atoms with Gasteiger partial charge in [0.05, 0.1) is 12.1 Å². The smallest absolute Gasteiger partial charge is 0.228 e. The van der Waals surface area contributed by atoms with Crippen LogP contribution in [-0.4, -0.2) is 32.8 Å². The van der Waals surface area contributed by atoms with Crippen molar-refractivity contribution in [2.24, 2.45) is 0 Å². The molecule has 0 aromatic carbocycles. The quantitative estimate of drug-likeness (QED) is 0.850. The van der Waals surface area contributed by atoms with E-state index in [4.69, 9.17) is 0 Å². The Morgan fingerprint density at radius 2 is 1.95 bits per heavy atom. The predicted molar refractivity (Wildman–Crippen MR) is 80.5 cm³/mol. The second-order valence-electron chi connectivity index (χ2n) is 5.46. The van der Waals surface area contributed by atoms with E-state index in [0.29, 0.717) is 6.54 Å². The molecule has 0 spiro atoms. The minimum absolute atomic E-state index is 0.0614. The van der Waals surface area contributed by atoms with Crippen LogP contribution in [0.4, 0.5) is 4.39 Å².